The van der Waals surface area contributed by atoms with Crippen molar-refractivity contribution >= 4 is 15.9 Å². The highest BCUT2D eigenvalue weighted by Gasteiger charge is 2.13. The molecular formula is C14H21N3O3S. The summed E-state index contributed by atoms with van der Waals surface area (Å²) in [5.41, 5.74) is 0.425. The van der Waals surface area contributed by atoms with Crippen LogP contribution in [0.4, 0.5) is 0 Å². The number of carbonyl (C=O) groups excluding carboxylic acids is 1. The van der Waals surface area contributed by atoms with Gasteiger partial charge in [0.15, 0.2) is 0 Å². The molecule has 0 atom stereocenters. The zero-order valence-electron chi connectivity index (χ0n) is 12.1. The molecule has 0 heterocycles. The van der Waals surface area contributed by atoms with Crippen LogP contribution in [0.15, 0.2) is 41.8 Å². The smallest absolute Gasteiger partial charge is 0.251 e. The maximum Gasteiger partial charge on any atom is 0.251 e. The van der Waals surface area contributed by atoms with E-state index in [-0.39, 0.29) is 17.3 Å². The van der Waals surface area contributed by atoms with Gasteiger partial charge in [0.1, 0.15) is 0 Å². The largest absolute Gasteiger partial charge is 0.351 e. The summed E-state index contributed by atoms with van der Waals surface area (Å²) in [7, 11) is -3.55. The summed E-state index contributed by atoms with van der Waals surface area (Å²) >= 11 is 0. The van der Waals surface area contributed by atoms with E-state index in [1.165, 1.54) is 30.3 Å². The van der Waals surface area contributed by atoms with E-state index in [0.717, 1.165) is 6.54 Å². The van der Waals surface area contributed by atoms with Crippen molar-refractivity contribution in [2.45, 2.75) is 11.8 Å². The second-order valence-corrected chi connectivity index (χ2v) is 6.04. The lowest BCUT2D eigenvalue weighted by Gasteiger charge is -2.07. The molecule has 3 N–H and O–H groups in total. The minimum Gasteiger partial charge on any atom is -0.351 e. The number of sulfonamides is 1. The summed E-state index contributed by atoms with van der Waals surface area (Å²) in [5, 5.41) is 5.84. The summed E-state index contributed by atoms with van der Waals surface area (Å²) in [5.74, 6) is -0.226. The molecular weight excluding hydrogens is 290 g/mol. The van der Waals surface area contributed by atoms with Crippen molar-refractivity contribution in [2.75, 3.05) is 26.2 Å². The Bertz CT molecular complexity index is 568. The number of hydrogen-bond donors (Lipinski definition) is 3. The van der Waals surface area contributed by atoms with Crippen LogP contribution < -0.4 is 15.4 Å². The molecule has 1 aromatic carbocycles. The first-order valence-electron chi connectivity index (χ1n) is 6.70. The van der Waals surface area contributed by atoms with Crippen molar-refractivity contribution in [1.29, 1.82) is 0 Å². The molecule has 0 aliphatic heterocycles. The molecule has 0 aliphatic carbocycles. The van der Waals surface area contributed by atoms with E-state index < -0.39 is 10.0 Å². The molecule has 0 aliphatic rings. The molecule has 116 valence electrons. The third-order valence-corrected chi connectivity index (χ3v) is 4.12. The van der Waals surface area contributed by atoms with Crippen molar-refractivity contribution in [3.8, 4) is 0 Å². The Kier molecular flexibility index (Phi) is 7.07. The van der Waals surface area contributed by atoms with E-state index in [4.69, 9.17) is 0 Å². The molecule has 1 aromatic rings. The minimum absolute atomic E-state index is 0.119. The second kappa shape index (κ2) is 8.56. The number of amides is 1. The predicted octanol–water partition coefficient (Wildman–Crippen LogP) is 0.490. The van der Waals surface area contributed by atoms with Gasteiger partial charge < -0.3 is 10.6 Å². The number of hydrogen-bond acceptors (Lipinski definition) is 4. The summed E-state index contributed by atoms with van der Waals surface area (Å²) in [4.78, 5) is 11.9. The molecule has 0 radical (unpaired) electrons. The number of carbonyl (C=O) groups is 1. The van der Waals surface area contributed by atoms with Gasteiger partial charge in [-0.2, -0.15) is 0 Å². The van der Waals surface area contributed by atoms with Crippen molar-refractivity contribution in [2.24, 2.45) is 0 Å². The Morgan fingerprint density at radius 1 is 1.24 bits per heavy atom. The van der Waals surface area contributed by atoms with Gasteiger partial charge in [0.05, 0.1) is 4.90 Å². The summed E-state index contributed by atoms with van der Waals surface area (Å²) in [6, 6.07) is 5.80. The monoisotopic (exact) mass is 311 g/mol. The molecule has 0 aromatic heterocycles. The standard InChI is InChI=1S/C14H21N3O3S/c1-3-9-17-21(19,20)13-7-5-12(6-8-13)14(18)16-11-10-15-4-2/h3,5-8,15,17H,1,4,9-11H2,2H3,(H,16,18). The topological polar surface area (TPSA) is 87.3 Å². The Morgan fingerprint density at radius 2 is 1.90 bits per heavy atom. The SMILES string of the molecule is C=CCNS(=O)(=O)c1ccc(C(=O)NCCNCC)cc1. The molecule has 1 amide bonds. The van der Waals surface area contributed by atoms with Crippen molar-refractivity contribution in [3.63, 3.8) is 0 Å². The van der Waals surface area contributed by atoms with Gasteiger partial charge in [0, 0.05) is 25.2 Å². The third kappa shape index (κ3) is 5.66. The first-order valence-corrected chi connectivity index (χ1v) is 8.19. The van der Waals surface area contributed by atoms with E-state index in [9.17, 15) is 13.2 Å². The Labute approximate surface area is 125 Å². The molecule has 0 unspecified atom stereocenters. The van der Waals surface area contributed by atoms with Gasteiger partial charge in [-0.1, -0.05) is 13.0 Å². The first-order chi connectivity index (χ1) is 10.0. The average Bonchev–Trinajstić information content (AvgIpc) is 2.49. The normalized spacial score (nSPS) is 11.1. The van der Waals surface area contributed by atoms with Crippen molar-refractivity contribution < 1.29 is 13.2 Å². The van der Waals surface area contributed by atoms with Gasteiger partial charge >= 0.3 is 0 Å². The number of rotatable bonds is 9. The van der Waals surface area contributed by atoms with Crippen LogP contribution in [0.2, 0.25) is 0 Å². The molecule has 6 nitrogen and oxygen atoms in total. The molecule has 1 rings (SSSR count). The number of nitrogens with one attached hydrogen (secondary N) is 3. The highest BCUT2D eigenvalue weighted by atomic mass is 32.2. The maximum atomic E-state index is 11.8. The molecule has 21 heavy (non-hydrogen) atoms. The lowest BCUT2D eigenvalue weighted by molar-refractivity contribution is 0.0954. The number of benzene rings is 1. The van der Waals surface area contributed by atoms with Crippen LogP contribution >= 0.6 is 0 Å². The van der Waals surface area contributed by atoms with Gasteiger partial charge in [0.25, 0.3) is 5.91 Å². The Hall–Kier alpha value is -1.70. The highest BCUT2D eigenvalue weighted by Crippen LogP contribution is 2.10. The van der Waals surface area contributed by atoms with Gasteiger partial charge in [-0.3, -0.25) is 4.79 Å². The summed E-state index contributed by atoms with van der Waals surface area (Å²) in [6.45, 7) is 7.66. The van der Waals surface area contributed by atoms with Gasteiger partial charge in [0.2, 0.25) is 10.0 Å². The van der Waals surface area contributed by atoms with Crippen LogP contribution in [-0.4, -0.2) is 40.5 Å². The van der Waals surface area contributed by atoms with Crippen LogP contribution in [0.25, 0.3) is 0 Å². The Morgan fingerprint density at radius 3 is 2.48 bits per heavy atom. The zero-order valence-corrected chi connectivity index (χ0v) is 12.9. The van der Waals surface area contributed by atoms with Crippen molar-refractivity contribution in [1.82, 2.24) is 15.4 Å². The minimum atomic E-state index is -3.55. The lowest BCUT2D eigenvalue weighted by Crippen LogP contribution is -2.31. The molecule has 7 heteroatoms. The molecule has 0 saturated carbocycles. The molecule has 0 fully saturated rings. The second-order valence-electron chi connectivity index (χ2n) is 4.27. The van der Waals surface area contributed by atoms with E-state index in [1.54, 1.807) is 0 Å². The van der Waals surface area contributed by atoms with Crippen LogP contribution in [0.3, 0.4) is 0 Å². The third-order valence-electron chi connectivity index (χ3n) is 2.68. The van der Waals surface area contributed by atoms with E-state index in [1.807, 2.05) is 6.92 Å². The zero-order chi connectivity index (χ0) is 15.7. The van der Waals surface area contributed by atoms with E-state index >= 15 is 0 Å². The van der Waals surface area contributed by atoms with Gasteiger partial charge in [-0.25, -0.2) is 13.1 Å². The molecule has 0 spiro atoms. The average molecular weight is 311 g/mol. The van der Waals surface area contributed by atoms with Crippen LogP contribution in [-0.2, 0) is 10.0 Å². The fourth-order valence-corrected chi connectivity index (χ4v) is 2.58. The summed E-state index contributed by atoms with van der Waals surface area (Å²) in [6.07, 6.45) is 1.46. The fourth-order valence-electron chi connectivity index (χ4n) is 1.58. The maximum absolute atomic E-state index is 11.8. The molecule has 0 bridgehead atoms. The van der Waals surface area contributed by atoms with Crippen LogP contribution in [0.5, 0.6) is 0 Å². The van der Waals surface area contributed by atoms with E-state index in [0.29, 0.717) is 18.7 Å². The van der Waals surface area contributed by atoms with Crippen LogP contribution in [0.1, 0.15) is 17.3 Å². The highest BCUT2D eigenvalue weighted by molar-refractivity contribution is 7.89. The van der Waals surface area contributed by atoms with Crippen molar-refractivity contribution in [3.05, 3.63) is 42.5 Å². The predicted molar refractivity (Wildman–Crippen MR) is 82.7 cm³/mol. The van der Waals surface area contributed by atoms with Gasteiger partial charge in [-0.15, -0.1) is 6.58 Å². The number of likely N-dealkylation sites (N-methyl/N-ethyl adjacent to an activating group) is 1. The van der Waals surface area contributed by atoms with Crippen LogP contribution in [0, 0.1) is 0 Å². The fraction of sp³-hybridized carbons (Fsp3) is 0.357. The molecule has 0 saturated heterocycles. The first kappa shape index (κ1) is 17.4. The Balaban J connectivity index is 2.65. The van der Waals surface area contributed by atoms with E-state index in [2.05, 4.69) is 21.9 Å². The summed E-state index contributed by atoms with van der Waals surface area (Å²) < 4.78 is 26.1. The quantitative estimate of drug-likeness (QED) is 0.457. The lowest BCUT2D eigenvalue weighted by atomic mass is 10.2. The van der Waals surface area contributed by atoms with Gasteiger partial charge in [-0.05, 0) is 30.8 Å².